The van der Waals surface area contributed by atoms with Gasteiger partial charge in [-0.2, -0.15) is 5.26 Å². The Morgan fingerprint density at radius 3 is 2.36 bits per heavy atom. The van der Waals surface area contributed by atoms with E-state index in [2.05, 4.69) is 63.4 Å². The Kier molecular flexibility index (Phi) is 6.87. The van der Waals surface area contributed by atoms with Crippen molar-refractivity contribution in [2.75, 3.05) is 23.8 Å². The van der Waals surface area contributed by atoms with Gasteiger partial charge in [0.15, 0.2) is 0 Å². The largest absolute Gasteiger partial charge is 0.371 e. The van der Waals surface area contributed by atoms with Crippen molar-refractivity contribution in [1.29, 1.82) is 5.26 Å². The second kappa shape index (κ2) is 10.9. The quantitative estimate of drug-likeness (QED) is 0.345. The van der Waals surface area contributed by atoms with Crippen LogP contribution in [0.1, 0.15) is 5.56 Å². The Morgan fingerprint density at radius 2 is 1.56 bits per heavy atom. The van der Waals surface area contributed by atoms with Crippen molar-refractivity contribution >= 4 is 17.7 Å². The van der Waals surface area contributed by atoms with Crippen LogP contribution < -0.4 is 16.0 Å². The van der Waals surface area contributed by atoms with Crippen molar-refractivity contribution in [2.45, 2.75) is 24.3 Å². The van der Waals surface area contributed by atoms with Crippen molar-refractivity contribution in [2.24, 2.45) is 0 Å². The van der Waals surface area contributed by atoms with Crippen molar-refractivity contribution in [3.05, 3.63) is 96.7 Å². The molecule has 2 saturated heterocycles. The second-order valence-electron chi connectivity index (χ2n) is 9.45. The summed E-state index contributed by atoms with van der Waals surface area (Å²) in [5.41, 5.74) is 5.13. The fourth-order valence-corrected chi connectivity index (χ4v) is 4.97. The molecule has 2 amide bonds. The molecule has 0 radical (unpaired) electrons. The van der Waals surface area contributed by atoms with E-state index in [1.165, 1.54) is 5.56 Å². The number of hydrogen-bond acceptors (Lipinski definition) is 7. The third-order valence-corrected chi connectivity index (χ3v) is 6.88. The molecule has 0 aliphatic carbocycles. The smallest absolute Gasteiger partial charge is 0.319 e. The average molecular weight is 519 g/mol. The van der Waals surface area contributed by atoms with Crippen LogP contribution in [0.2, 0.25) is 0 Å². The van der Waals surface area contributed by atoms with Crippen molar-refractivity contribution in [1.82, 2.24) is 15.3 Å². The molecule has 3 aromatic carbocycles. The van der Waals surface area contributed by atoms with Crippen LogP contribution in [0.25, 0.3) is 22.4 Å². The van der Waals surface area contributed by atoms with E-state index in [0.29, 0.717) is 30.4 Å². The molecule has 3 heterocycles. The van der Waals surface area contributed by atoms with Gasteiger partial charge in [-0.15, -0.1) is 0 Å². The molecule has 0 bridgehead atoms. The molecule has 9 heteroatoms. The highest BCUT2D eigenvalue weighted by molar-refractivity contribution is 5.89. The molecule has 4 aromatic rings. The highest BCUT2D eigenvalue weighted by atomic mass is 16.6. The fourth-order valence-electron chi connectivity index (χ4n) is 4.97. The van der Waals surface area contributed by atoms with Gasteiger partial charge in [-0.05, 0) is 35.4 Å². The number of urea groups is 1. The SMILES string of the molecule is N#Cc1cccc(NC(=O)N[C@H]2CO[C@H]3[C@@H]2OC[C@@H]3Nc2nccc(-c3ccc(-c4ccccc4)cc3)n2)c1. The first kappa shape index (κ1) is 24.6. The van der Waals surface area contributed by atoms with Gasteiger partial charge >= 0.3 is 6.03 Å². The number of benzene rings is 3. The predicted molar refractivity (Wildman–Crippen MR) is 147 cm³/mol. The Labute approximate surface area is 225 Å². The zero-order chi connectivity index (χ0) is 26.6. The molecular weight excluding hydrogens is 492 g/mol. The third-order valence-electron chi connectivity index (χ3n) is 6.88. The Morgan fingerprint density at radius 1 is 0.846 bits per heavy atom. The number of amides is 2. The molecule has 2 aliphatic heterocycles. The summed E-state index contributed by atoms with van der Waals surface area (Å²) in [6.07, 6.45) is 1.18. The third kappa shape index (κ3) is 5.43. The normalized spacial score (nSPS) is 21.5. The first-order valence-corrected chi connectivity index (χ1v) is 12.7. The van der Waals surface area contributed by atoms with Crippen LogP contribution in [-0.2, 0) is 9.47 Å². The topological polar surface area (TPSA) is 121 Å². The standard InChI is InChI=1S/C30H26N6O3/c31-16-19-5-4-8-23(15-19)33-30(37)36-26-18-39-27-25(17-38-28(26)27)35-29-32-14-13-24(34-29)22-11-9-21(10-12-22)20-6-2-1-3-7-20/h1-15,25-28H,17-18H2,(H,32,34,35)(H2,33,36,37)/t25-,26-,27+,28+/m0/s1. The molecule has 2 fully saturated rings. The summed E-state index contributed by atoms with van der Waals surface area (Å²) >= 11 is 0. The van der Waals surface area contributed by atoms with E-state index < -0.39 is 0 Å². The number of aromatic nitrogens is 2. The lowest BCUT2D eigenvalue weighted by Gasteiger charge is -2.19. The lowest BCUT2D eigenvalue weighted by molar-refractivity contribution is 0.0683. The van der Waals surface area contributed by atoms with E-state index in [4.69, 9.17) is 19.7 Å². The summed E-state index contributed by atoms with van der Waals surface area (Å²) in [5.74, 6) is 0.490. The monoisotopic (exact) mass is 518 g/mol. The van der Waals surface area contributed by atoms with Gasteiger partial charge in [0.05, 0.1) is 42.6 Å². The van der Waals surface area contributed by atoms with Gasteiger partial charge < -0.3 is 25.4 Å². The first-order valence-electron chi connectivity index (χ1n) is 12.7. The van der Waals surface area contributed by atoms with Crippen LogP contribution in [0.3, 0.4) is 0 Å². The molecular formula is C30H26N6O3. The number of nitrogens with zero attached hydrogens (tertiary/aromatic N) is 3. The molecule has 3 N–H and O–H groups in total. The van der Waals surface area contributed by atoms with Crippen LogP contribution in [-0.4, -0.2) is 53.5 Å². The van der Waals surface area contributed by atoms with E-state index in [9.17, 15) is 4.79 Å². The van der Waals surface area contributed by atoms with Gasteiger partial charge in [0, 0.05) is 17.4 Å². The maximum absolute atomic E-state index is 12.6. The van der Waals surface area contributed by atoms with E-state index in [1.54, 1.807) is 30.5 Å². The summed E-state index contributed by atoms with van der Waals surface area (Å²) in [5, 5.41) is 18.1. The predicted octanol–water partition coefficient (Wildman–Crippen LogP) is 4.45. The number of nitrogens with one attached hydrogen (secondary N) is 3. The first-order chi connectivity index (χ1) is 19.2. The molecule has 0 spiro atoms. The van der Waals surface area contributed by atoms with E-state index >= 15 is 0 Å². The highest BCUT2D eigenvalue weighted by Gasteiger charge is 2.48. The number of ether oxygens (including phenoxy) is 2. The molecule has 6 rings (SSSR count). The number of carbonyl (C=O) groups excluding carboxylic acids is 1. The minimum absolute atomic E-state index is 0.159. The molecule has 39 heavy (non-hydrogen) atoms. The molecule has 1 aromatic heterocycles. The zero-order valence-electron chi connectivity index (χ0n) is 21.0. The van der Waals surface area contributed by atoms with Crippen LogP contribution in [0.5, 0.6) is 0 Å². The molecule has 4 atom stereocenters. The molecule has 194 valence electrons. The Bertz CT molecular complexity index is 1510. The van der Waals surface area contributed by atoms with Crippen LogP contribution in [0.4, 0.5) is 16.4 Å². The van der Waals surface area contributed by atoms with E-state index in [-0.39, 0.29) is 30.3 Å². The number of fused-ring (bicyclic) bond motifs is 1. The van der Waals surface area contributed by atoms with Crippen LogP contribution in [0, 0.1) is 11.3 Å². The fraction of sp³-hybridized carbons (Fsp3) is 0.200. The molecule has 2 aliphatic rings. The van der Waals surface area contributed by atoms with Gasteiger partial charge in [0.2, 0.25) is 5.95 Å². The van der Waals surface area contributed by atoms with Crippen LogP contribution >= 0.6 is 0 Å². The van der Waals surface area contributed by atoms with E-state index in [0.717, 1.165) is 16.8 Å². The van der Waals surface area contributed by atoms with Gasteiger partial charge in [-0.3, -0.25) is 0 Å². The number of hydrogen-bond donors (Lipinski definition) is 3. The van der Waals surface area contributed by atoms with Crippen molar-refractivity contribution in [3.63, 3.8) is 0 Å². The van der Waals surface area contributed by atoms with Crippen molar-refractivity contribution < 1.29 is 14.3 Å². The van der Waals surface area contributed by atoms with Gasteiger partial charge in [0.25, 0.3) is 0 Å². The minimum Gasteiger partial charge on any atom is -0.371 e. The Balaban J connectivity index is 1.07. The lowest BCUT2D eigenvalue weighted by atomic mass is 10.0. The summed E-state index contributed by atoms with van der Waals surface area (Å²) in [4.78, 5) is 21.7. The molecule has 9 nitrogen and oxygen atoms in total. The van der Waals surface area contributed by atoms with Gasteiger partial charge in [0.1, 0.15) is 12.2 Å². The van der Waals surface area contributed by atoms with Crippen LogP contribution in [0.15, 0.2) is 91.1 Å². The summed E-state index contributed by atoms with van der Waals surface area (Å²) < 4.78 is 12.0. The second-order valence-corrected chi connectivity index (χ2v) is 9.45. The van der Waals surface area contributed by atoms with Crippen molar-refractivity contribution in [3.8, 4) is 28.5 Å². The average Bonchev–Trinajstić information content (AvgIpc) is 3.57. The summed E-state index contributed by atoms with van der Waals surface area (Å²) in [6.45, 7) is 0.729. The summed E-state index contributed by atoms with van der Waals surface area (Å²) in [6, 6.07) is 28.4. The highest BCUT2D eigenvalue weighted by Crippen LogP contribution is 2.29. The maximum atomic E-state index is 12.6. The number of carbonyl (C=O) groups is 1. The van der Waals surface area contributed by atoms with Gasteiger partial charge in [-0.25, -0.2) is 14.8 Å². The minimum atomic E-state index is -0.381. The molecule has 0 saturated carbocycles. The molecule has 0 unspecified atom stereocenters. The Hall–Kier alpha value is -4.78. The number of anilines is 2. The lowest BCUT2D eigenvalue weighted by Crippen LogP contribution is -2.46. The number of nitriles is 1. The maximum Gasteiger partial charge on any atom is 0.319 e. The van der Waals surface area contributed by atoms with Gasteiger partial charge in [-0.1, -0.05) is 60.7 Å². The van der Waals surface area contributed by atoms with E-state index in [1.807, 2.05) is 24.3 Å². The summed E-state index contributed by atoms with van der Waals surface area (Å²) in [7, 11) is 0. The zero-order valence-corrected chi connectivity index (χ0v) is 21.0. The number of rotatable bonds is 6.